The largest absolute Gasteiger partial charge is 0.504 e. The monoisotopic (exact) mass is 467 g/mol. The molecule has 3 N–H and O–H groups in total. The van der Waals surface area contributed by atoms with Gasteiger partial charge < -0.3 is 20.1 Å². The summed E-state index contributed by atoms with van der Waals surface area (Å²) >= 11 is 0. The second-order valence-electron chi connectivity index (χ2n) is 13.2. The lowest BCUT2D eigenvalue weighted by molar-refractivity contribution is -0.288. The first kappa shape index (κ1) is 22.9. The quantitative estimate of drug-likeness (QED) is 0.567. The molecule has 1 saturated heterocycles. The first-order valence-electron chi connectivity index (χ1n) is 13.2. The minimum absolute atomic E-state index is 0.00131. The fraction of sp³-hybridized carbons (Fsp3) is 0.724. The van der Waals surface area contributed by atoms with Crippen LogP contribution in [0.5, 0.6) is 11.5 Å². The van der Waals surface area contributed by atoms with Gasteiger partial charge in [0.25, 0.3) is 0 Å². The van der Waals surface area contributed by atoms with Crippen molar-refractivity contribution >= 4 is 0 Å². The maximum absolute atomic E-state index is 12.1. The van der Waals surface area contributed by atoms with E-state index in [1.807, 2.05) is 13.0 Å². The summed E-state index contributed by atoms with van der Waals surface area (Å²) in [6.45, 7) is 14.3. The lowest BCUT2D eigenvalue weighted by atomic mass is 9.31. The zero-order valence-electron chi connectivity index (χ0n) is 21.2. The summed E-state index contributed by atoms with van der Waals surface area (Å²) in [5, 5.41) is 34.2. The Labute approximate surface area is 203 Å². The van der Waals surface area contributed by atoms with Crippen molar-refractivity contribution in [1.82, 2.24) is 4.90 Å². The van der Waals surface area contributed by atoms with Crippen LogP contribution in [0.1, 0.15) is 70.9 Å². The molecule has 2 aliphatic heterocycles. The molecule has 1 aromatic rings. The molecule has 4 aliphatic carbocycles. The van der Waals surface area contributed by atoms with Gasteiger partial charge in [-0.2, -0.15) is 0 Å². The Morgan fingerprint density at radius 2 is 1.97 bits per heavy atom. The zero-order chi connectivity index (χ0) is 24.3. The van der Waals surface area contributed by atoms with Gasteiger partial charge in [-0.25, -0.2) is 0 Å². The summed E-state index contributed by atoms with van der Waals surface area (Å²) in [6.07, 6.45) is 7.46. The highest BCUT2D eigenvalue weighted by Crippen LogP contribution is 2.79. The average molecular weight is 468 g/mol. The van der Waals surface area contributed by atoms with E-state index < -0.39 is 11.0 Å². The van der Waals surface area contributed by atoms with Crippen molar-refractivity contribution in [3.63, 3.8) is 0 Å². The topological polar surface area (TPSA) is 73.2 Å². The number of aliphatic hydroxyl groups excluding tert-OH is 1. The van der Waals surface area contributed by atoms with Gasteiger partial charge in [0.2, 0.25) is 0 Å². The van der Waals surface area contributed by atoms with Crippen LogP contribution in [-0.2, 0) is 11.8 Å². The lowest BCUT2D eigenvalue weighted by Gasteiger charge is -2.76. The molecule has 4 fully saturated rings. The molecule has 34 heavy (non-hydrogen) atoms. The fourth-order valence-electron chi connectivity index (χ4n) is 9.42. The van der Waals surface area contributed by atoms with Gasteiger partial charge in [0.1, 0.15) is 6.10 Å². The Bertz CT molecular complexity index is 1040. The van der Waals surface area contributed by atoms with E-state index in [1.165, 1.54) is 11.1 Å². The molecule has 2 spiro atoms. The summed E-state index contributed by atoms with van der Waals surface area (Å²) in [6, 6.07) is 4.26. The van der Waals surface area contributed by atoms with Crippen LogP contribution in [0.25, 0.3) is 0 Å². The molecular formula is C29H41NO4. The molecule has 7 atom stereocenters. The van der Waals surface area contributed by atoms with Crippen molar-refractivity contribution in [3.8, 4) is 11.5 Å². The molecule has 186 valence electrons. The first-order chi connectivity index (χ1) is 16.0. The van der Waals surface area contributed by atoms with Crippen LogP contribution in [0.4, 0.5) is 0 Å². The molecule has 5 nitrogen and oxygen atoms in total. The number of phenolic OH excluding ortho intramolecular Hbond substituents is 1. The molecular weight excluding hydrogens is 426 g/mol. The van der Waals surface area contributed by atoms with Gasteiger partial charge in [-0.05, 0) is 75.0 Å². The summed E-state index contributed by atoms with van der Waals surface area (Å²) in [7, 11) is 0. The van der Waals surface area contributed by atoms with Crippen molar-refractivity contribution in [2.24, 2.45) is 22.2 Å². The van der Waals surface area contributed by atoms with E-state index in [0.717, 1.165) is 51.6 Å². The standard InChI is InChI=1S/C29H41NO4/c1-6-7-13-30-14-12-29-22-18-8-9-19(32)23(22)34-24(29)27(17-31)10-11-28(29,21(30)15-18)16-20(27)26(5,33)25(2,3)4/h6,8-9,20-21,24,31-33H,1,7,10-17H2,2-5H3/t20-,21?,24?,26?,27-,28-,29?/m1/s1. The summed E-state index contributed by atoms with van der Waals surface area (Å²) in [5.74, 6) is 0.786. The third-order valence-electron chi connectivity index (χ3n) is 11.5. The van der Waals surface area contributed by atoms with E-state index in [4.69, 9.17) is 4.74 Å². The Balaban J connectivity index is 1.61. The fourth-order valence-corrected chi connectivity index (χ4v) is 9.42. The number of likely N-dealkylation sites (tertiary alicyclic amines) is 1. The number of fused-ring (bicyclic) bond motifs is 2. The molecule has 7 rings (SSSR count). The number of piperidine rings is 1. The zero-order valence-corrected chi connectivity index (χ0v) is 21.2. The molecule has 0 radical (unpaired) electrons. The van der Waals surface area contributed by atoms with E-state index in [1.54, 1.807) is 6.07 Å². The number of rotatable bonds is 5. The van der Waals surface area contributed by atoms with Crippen molar-refractivity contribution in [3.05, 3.63) is 35.9 Å². The third kappa shape index (κ3) is 2.33. The van der Waals surface area contributed by atoms with Gasteiger partial charge in [0.05, 0.1) is 12.2 Å². The Morgan fingerprint density at radius 3 is 2.65 bits per heavy atom. The molecule has 0 aromatic heterocycles. The smallest absolute Gasteiger partial charge is 0.165 e. The number of ether oxygens (including phenoxy) is 1. The minimum Gasteiger partial charge on any atom is -0.504 e. The van der Waals surface area contributed by atoms with Crippen molar-refractivity contribution < 1.29 is 20.1 Å². The Morgan fingerprint density at radius 1 is 1.21 bits per heavy atom. The van der Waals surface area contributed by atoms with Crippen LogP contribution >= 0.6 is 0 Å². The van der Waals surface area contributed by atoms with Crippen molar-refractivity contribution in [2.45, 2.75) is 89.4 Å². The van der Waals surface area contributed by atoms with Gasteiger partial charge in [-0.3, -0.25) is 4.90 Å². The molecule has 2 heterocycles. The predicted molar refractivity (Wildman–Crippen MR) is 132 cm³/mol. The Kier molecular flexibility index (Phi) is 4.58. The predicted octanol–water partition coefficient (Wildman–Crippen LogP) is 4.17. The maximum Gasteiger partial charge on any atom is 0.165 e. The van der Waals surface area contributed by atoms with Crippen molar-refractivity contribution in [1.29, 1.82) is 0 Å². The number of nitrogens with zero attached hydrogens (tertiary/aromatic N) is 1. The van der Waals surface area contributed by atoms with Gasteiger partial charge in [-0.1, -0.05) is 32.9 Å². The second kappa shape index (κ2) is 6.80. The first-order valence-corrected chi connectivity index (χ1v) is 13.2. The number of aliphatic hydroxyl groups is 2. The van der Waals surface area contributed by atoms with Crippen molar-refractivity contribution in [2.75, 3.05) is 19.7 Å². The Hall–Kier alpha value is -1.56. The van der Waals surface area contributed by atoms with Gasteiger partial charge in [-0.15, -0.1) is 6.58 Å². The number of benzene rings is 1. The maximum atomic E-state index is 12.1. The second-order valence-corrected chi connectivity index (χ2v) is 13.2. The lowest BCUT2D eigenvalue weighted by Crippen LogP contribution is -2.81. The van der Waals surface area contributed by atoms with Gasteiger partial charge in [0, 0.05) is 34.4 Å². The molecule has 4 bridgehead atoms. The van der Waals surface area contributed by atoms with Crippen LogP contribution in [0.15, 0.2) is 24.8 Å². The summed E-state index contributed by atoms with van der Waals surface area (Å²) in [5.41, 5.74) is 0.428. The molecule has 1 aromatic carbocycles. The SMILES string of the molecule is C=CCCN1CCC23c4c5ccc(O)c4OC2[C@@]2(CO)CC[C@@]3(C[C@@H]2C(C)(O)C(C)(C)C)C1C5. The minimum atomic E-state index is -0.967. The average Bonchev–Trinajstić information content (AvgIpc) is 3.16. The molecule has 5 heteroatoms. The number of hydrogen-bond donors (Lipinski definition) is 3. The highest BCUT2D eigenvalue weighted by Gasteiger charge is 2.81. The van der Waals surface area contributed by atoms with E-state index >= 15 is 0 Å². The van der Waals surface area contributed by atoms with E-state index in [2.05, 4.69) is 38.3 Å². The molecule has 3 saturated carbocycles. The molecule has 0 amide bonds. The van der Waals surface area contributed by atoms with Crippen LogP contribution < -0.4 is 4.74 Å². The van der Waals surface area contributed by atoms with Crippen LogP contribution in [0.3, 0.4) is 0 Å². The normalized spacial score (nSPS) is 41.5. The van der Waals surface area contributed by atoms with Crippen LogP contribution in [-0.4, -0.2) is 57.7 Å². The number of hydrogen-bond acceptors (Lipinski definition) is 5. The molecule has 6 aliphatic rings. The van der Waals surface area contributed by atoms with E-state index in [-0.39, 0.29) is 40.6 Å². The van der Waals surface area contributed by atoms with E-state index in [0.29, 0.717) is 11.8 Å². The van der Waals surface area contributed by atoms with Crippen LogP contribution in [0, 0.1) is 22.2 Å². The van der Waals surface area contributed by atoms with Gasteiger partial charge >= 0.3 is 0 Å². The highest BCUT2D eigenvalue weighted by molar-refractivity contribution is 5.63. The highest BCUT2D eigenvalue weighted by atomic mass is 16.5. The summed E-state index contributed by atoms with van der Waals surface area (Å²) < 4.78 is 6.83. The number of aromatic hydroxyl groups is 1. The number of phenols is 1. The van der Waals surface area contributed by atoms with Gasteiger partial charge in [0.15, 0.2) is 11.5 Å². The third-order valence-corrected chi connectivity index (χ3v) is 11.5. The molecule has 4 unspecified atom stereocenters. The van der Waals surface area contributed by atoms with E-state index in [9.17, 15) is 15.3 Å². The van der Waals surface area contributed by atoms with Crippen LogP contribution in [0.2, 0.25) is 0 Å². The summed E-state index contributed by atoms with van der Waals surface area (Å²) in [4.78, 5) is 2.68.